The second-order valence-corrected chi connectivity index (χ2v) is 3.80. The number of pyridine rings is 1. The molecule has 7 nitrogen and oxygen atoms in total. The molecule has 0 aliphatic rings. The Bertz CT molecular complexity index is 436. The minimum Gasteiger partial charge on any atom is -0.466 e. The number of hydrogen-bond acceptors (Lipinski definition) is 6. The summed E-state index contributed by atoms with van der Waals surface area (Å²) in [4.78, 5) is 24.8. The zero-order valence-electron chi connectivity index (χ0n) is 10.3. The molecule has 1 rings (SSSR count). The first kappa shape index (κ1) is 13.9. The molecule has 0 radical (unpaired) electrons. The molecule has 7 heteroatoms. The lowest BCUT2D eigenvalue weighted by Gasteiger charge is -2.13. The van der Waals surface area contributed by atoms with Gasteiger partial charge in [0.1, 0.15) is 0 Å². The Hall–Kier alpha value is -2.18. The highest BCUT2D eigenvalue weighted by Gasteiger charge is 2.15. The third-order valence-corrected chi connectivity index (χ3v) is 2.22. The van der Waals surface area contributed by atoms with Gasteiger partial charge in [-0.15, -0.1) is 0 Å². The fourth-order valence-electron chi connectivity index (χ4n) is 1.34. The SMILES string of the molecule is CC(=O)OCCC(C)Nc1ncccc1[N+](=O)[O-]. The fourth-order valence-corrected chi connectivity index (χ4v) is 1.34. The van der Waals surface area contributed by atoms with Crippen LogP contribution in [0.2, 0.25) is 0 Å². The van der Waals surface area contributed by atoms with Crippen LogP contribution < -0.4 is 5.32 Å². The van der Waals surface area contributed by atoms with Crippen LogP contribution in [0.4, 0.5) is 11.5 Å². The van der Waals surface area contributed by atoms with E-state index in [0.29, 0.717) is 6.42 Å². The number of nitrogens with one attached hydrogen (secondary N) is 1. The van der Waals surface area contributed by atoms with Gasteiger partial charge in [-0.1, -0.05) is 0 Å². The fraction of sp³-hybridized carbons (Fsp3) is 0.455. The molecule has 1 unspecified atom stereocenters. The topological polar surface area (TPSA) is 94.4 Å². The van der Waals surface area contributed by atoms with Crippen LogP contribution in [-0.4, -0.2) is 28.5 Å². The Labute approximate surface area is 104 Å². The molecule has 1 aromatic heterocycles. The lowest BCUT2D eigenvalue weighted by Crippen LogP contribution is -2.19. The zero-order valence-corrected chi connectivity index (χ0v) is 10.3. The van der Waals surface area contributed by atoms with E-state index in [-0.39, 0.29) is 30.1 Å². The number of carbonyl (C=O) groups excluding carboxylic acids is 1. The third kappa shape index (κ3) is 4.36. The van der Waals surface area contributed by atoms with Crippen molar-refractivity contribution in [2.24, 2.45) is 0 Å². The summed E-state index contributed by atoms with van der Waals surface area (Å²) in [6, 6.07) is 2.80. The van der Waals surface area contributed by atoms with Crippen LogP contribution in [0.3, 0.4) is 0 Å². The van der Waals surface area contributed by atoms with Gasteiger partial charge in [-0.2, -0.15) is 0 Å². The van der Waals surface area contributed by atoms with Crippen LogP contribution in [0.25, 0.3) is 0 Å². The highest BCUT2D eigenvalue weighted by Crippen LogP contribution is 2.21. The normalized spacial score (nSPS) is 11.7. The Morgan fingerprint density at radius 2 is 2.39 bits per heavy atom. The molecule has 0 aromatic carbocycles. The van der Waals surface area contributed by atoms with Gasteiger partial charge in [0.25, 0.3) is 0 Å². The Balaban J connectivity index is 2.56. The molecule has 0 aliphatic carbocycles. The van der Waals surface area contributed by atoms with E-state index < -0.39 is 4.92 Å². The van der Waals surface area contributed by atoms with E-state index >= 15 is 0 Å². The van der Waals surface area contributed by atoms with Crippen LogP contribution in [0.15, 0.2) is 18.3 Å². The van der Waals surface area contributed by atoms with E-state index in [1.54, 1.807) is 0 Å². The number of ether oxygens (including phenoxy) is 1. The Morgan fingerprint density at radius 1 is 1.67 bits per heavy atom. The van der Waals surface area contributed by atoms with Crippen LogP contribution in [0, 0.1) is 10.1 Å². The van der Waals surface area contributed by atoms with Crippen molar-refractivity contribution in [2.75, 3.05) is 11.9 Å². The highest BCUT2D eigenvalue weighted by molar-refractivity contribution is 5.65. The average molecular weight is 253 g/mol. The summed E-state index contributed by atoms with van der Waals surface area (Å²) < 4.78 is 4.79. The second kappa shape index (κ2) is 6.53. The molecule has 0 amide bonds. The largest absolute Gasteiger partial charge is 0.466 e. The maximum Gasteiger partial charge on any atom is 0.311 e. The van der Waals surface area contributed by atoms with Crippen molar-refractivity contribution in [1.82, 2.24) is 4.98 Å². The van der Waals surface area contributed by atoms with E-state index in [0.717, 1.165) is 0 Å². The Kier molecular flexibility index (Phi) is 5.04. The van der Waals surface area contributed by atoms with Gasteiger partial charge in [-0.05, 0) is 13.0 Å². The van der Waals surface area contributed by atoms with Crippen molar-refractivity contribution in [3.8, 4) is 0 Å². The van der Waals surface area contributed by atoms with Gasteiger partial charge in [0.2, 0.25) is 5.82 Å². The number of nitro groups is 1. The van der Waals surface area contributed by atoms with Crippen LogP contribution >= 0.6 is 0 Å². The van der Waals surface area contributed by atoms with Crippen molar-refractivity contribution in [2.45, 2.75) is 26.3 Å². The van der Waals surface area contributed by atoms with Crippen molar-refractivity contribution >= 4 is 17.5 Å². The third-order valence-electron chi connectivity index (χ3n) is 2.22. The van der Waals surface area contributed by atoms with Gasteiger partial charge in [0, 0.05) is 31.6 Å². The van der Waals surface area contributed by atoms with Gasteiger partial charge in [0.15, 0.2) is 0 Å². The molecular formula is C11H15N3O4. The van der Waals surface area contributed by atoms with Crippen LogP contribution in [0.5, 0.6) is 0 Å². The van der Waals surface area contributed by atoms with Crippen molar-refractivity contribution in [3.63, 3.8) is 0 Å². The van der Waals surface area contributed by atoms with E-state index in [1.165, 1.54) is 25.3 Å². The van der Waals surface area contributed by atoms with Crippen molar-refractivity contribution in [3.05, 3.63) is 28.4 Å². The first-order valence-corrected chi connectivity index (χ1v) is 5.50. The molecule has 1 atom stereocenters. The molecule has 0 saturated heterocycles. The summed E-state index contributed by atoms with van der Waals surface area (Å²) in [5.74, 6) is -0.121. The Morgan fingerprint density at radius 3 is 3.00 bits per heavy atom. The van der Waals surface area contributed by atoms with Gasteiger partial charge >= 0.3 is 11.7 Å². The molecule has 0 saturated carbocycles. The number of rotatable bonds is 6. The average Bonchev–Trinajstić information content (AvgIpc) is 2.28. The molecular weight excluding hydrogens is 238 g/mol. The molecule has 0 fully saturated rings. The number of esters is 1. The van der Waals surface area contributed by atoms with Crippen LogP contribution in [0.1, 0.15) is 20.3 Å². The predicted molar refractivity (Wildman–Crippen MR) is 65.2 cm³/mol. The predicted octanol–water partition coefficient (Wildman–Crippen LogP) is 1.74. The molecule has 1 N–H and O–H groups in total. The molecule has 1 aromatic rings. The second-order valence-electron chi connectivity index (χ2n) is 3.80. The van der Waals surface area contributed by atoms with E-state index in [2.05, 4.69) is 10.3 Å². The van der Waals surface area contributed by atoms with Crippen molar-refractivity contribution in [1.29, 1.82) is 0 Å². The van der Waals surface area contributed by atoms with Crippen LogP contribution in [-0.2, 0) is 9.53 Å². The molecule has 1 heterocycles. The summed E-state index contributed by atoms with van der Waals surface area (Å²) >= 11 is 0. The summed E-state index contributed by atoms with van der Waals surface area (Å²) in [6.07, 6.45) is 2.03. The standard InChI is InChI=1S/C11H15N3O4/c1-8(5-7-18-9(2)15)13-11-10(14(16)17)4-3-6-12-11/h3-4,6,8H,5,7H2,1-2H3,(H,12,13). The highest BCUT2D eigenvalue weighted by atomic mass is 16.6. The molecule has 98 valence electrons. The number of hydrogen-bond donors (Lipinski definition) is 1. The number of aromatic nitrogens is 1. The number of nitrogens with zero attached hydrogens (tertiary/aromatic N) is 2. The van der Waals surface area contributed by atoms with E-state index in [1.807, 2.05) is 6.92 Å². The molecule has 18 heavy (non-hydrogen) atoms. The lowest BCUT2D eigenvalue weighted by atomic mass is 10.2. The molecule has 0 aliphatic heterocycles. The van der Waals surface area contributed by atoms with Gasteiger partial charge in [0.05, 0.1) is 11.5 Å². The quantitative estimate of drug-likeness (QED) is 0.471. The van der Waals surface area contributed by atoms with E-state index in [9.17, 15) is 14.9 Å². The van der Waals surface area contributed by atoms with E-state index in [4.69, 9.17) is 4.74 Å². The summed E-state index contributed by atoms with van der Waals surface area (Å²) in [5.41, 5.74) is -0.0724. The monoisotopic (exact) mass is 253 g/mol. The summed E-state index contributed by atoms with van der Waals surface area (Å²) in [5, 5.41) is 13.7. The first-order valence-electron chi connectivity index (χ1n) is 5.50. The maximum absolute atomic E-state index is 10.8. The first-order chi connectivity index (χ1) is 8.50. The lowest BCUT2D eigenvalue weighted by molar-refractivity contribution is -0.384. The zero-order chi connectivity index (χ0) is 13.5. The number of anilines is 1. The van der Waals surface area contributed by atoms with Gasteiger partial charge in [-0.25, -0.2) is 4.98 Å². The van der Waals surface area contributed by atoms with Gasteiger partial charge < -0.3 is 10.1 Å². The maximum atomic E-state index is 10.8. The summed E-state index contributed by atoms with van der Waals surface area (Å²) in [6.45, 7) is 3.44. The van der Waals surface area contributed by atoms with Crippen molar-refractivity contribution < 1.29 is 14.5 Å². The smallest absolute Gasteiger partial charge is 0.311 e. The molecule has 0 bridgehead atoms. The minimum atomic E-state index is -0.492. The minimum absolute atomic E-state index is 0.0724. The summed E-state index contributed by atoms with van der Waals surface area (Å²) in [7, 11) is 0. The molecule has 0 spiro atoms. The van der Waals surface area contributed by atoms with Gasteiger partial charge in [-0.3, -0.25) is 14.9 Å². The number of carbonyl (C=O) groups is 1.